The predicted molar refractivity (Wildman–Crippen MR) is 83.4 cm³/mol. The molecular weight excluding hydrogens is 262 g/mol. The van der Waals surface area contributed by atoms with Gasteiger partial charge in [0.2, 0.25) is 0 Å². The van der Waals surface area contributed by atoms with Gasteiger partial charge >= 0.3 is 0 Å². The first kappa shape index (κ1) is 13.6. The van der Waals surface area contributed by atoms with Crippen molar-refractivity contribution in [3.05, 3.63) is 66.6 Å². The maximum atomic E-state index is 5.73. The minimum absolute atomic E-state index is 0.259. The molecule has 0 saturated carbocycles. The first-order valence-corrected chi connectivity index (χ1v) is 7.15. The van der Waals surface area contributed by atoms with Gasteiger partial charge in [0.1, 0.15) is 18.0 Å². The molecular formula is C17H19N3O. The van der Waals surface area contributed by atoms with Crippen LogP contribution in [0.25, 0.3) is 5.65 Å². The smallest absolute Gasteiger partial charge is 0.137 e. The third-order valence-corrected chi connectivity index (χ3v) is 3.29. The lowest BCUT2D eigenvalue weighted by atomic mass is 10.3. The van der Waals surface area contributed by atoms with Crippen molar-refractivity contribution in [2.24, 2.45) is 0 Å². The molecule has 1 atom stereocenters. The van der Waals surface area contributed by atoms with Crippen LogP contribution in [-0.4, -0.2) is 22.0 Å². The molecule has 4 nitrogen and oxygen atoms in total. The fourth-order valence-electron chi connectivity index (χ4n) is 2.15. The number of hydrogen-bond donors (Lipinski definition) is 1. The normalized spacial score (nSPS) is 12.4. The van der Waals surface area contributed by atoms with Crippen LogP contribution in [0.4, 0.5) is 0 Å². The molecule has 21 heavy (non-hydrogen) atoms. The molecule has 3 aromatic rings. The fraction of sp³-hybridized carbons (Fsp3) is 0.235. The van der Waals surface area contributed by atoms with E-state index in [2.05, 4.69) is 17.2 Å². The second-order valence-corrected chi connectivity index (χ2v) is 5.10. The summed E-state index contributed by atoms with van der Waals surface area (Å²) in [5.41, 5.74) is 2.01. The first-order valence-electron chi connectivity index (χ1n) is 7.15. The Morgan fingerprint density at radius 2 is 1.95 bits per heavy atom. The predicted octanol–water partition coefficient (Wildman–Crippen LogP) is 2.89. The van der Waals surface area contributed by atoms with Gasteiger partial charge < -0.3 is 14.5 Å². The second kappa shape index (κ2) is 6.41. The quantitative estimate of drug-likeness (QED) is 0.755. The van der Waals surface area contributed by atoms with Gasteiger partial charge in [-0.2, -0.15) is 0 Å². The van der Waals surface area contributed by atoms with Crippen molar-refractivity contribution in [2.75, 3.05) is 6.61 Å². The van der Waals surface area contributed by atoms with Gasteiger partial charge in [0.05, 0.1) is 5.69 Å². The van der Waals surface area contributed by atoms with E-state index in [0.717, 1.165) is 23.6 Å². The van der Waals surface area contributed by atoms with Gasteiger partial charge in [-0.15, -0.1) is 0 Å². The molecule has 2 aromatic heterocycles. The molecule has 0 radical (unpaired) electrons. The van der Waals surface area contributed by atoms with Gasteiger partial charge in [0, 0.05) is 25.0 Å². The van der Waals surface area contributed by atoms with E-state index in [1.165, 1.54) is 0 Å². The number of aromatic nitrogens is 2. The molecule has 3 rings (SSSR count). The van der Waals surface area contributed by atoms with E-state index in [4.69, 9.17) is 4.74 Å². The Labute approximate surface area is 124 Å². The molecule has 0 unspecified atom stereocenters. The van der Waals surface area contributed by atoms with Crippen molar-refractivity contribution in [2.45, 2.75) is 19.5 Å². The largest absolute Gasteiger partial charge is 0.492 e. The second-order valence-electron chi connectivity index (χ2n) is 5.10. The summed E-state index contributed by atoms with van der Waals surface area (Å²) in [6.45, 7) is 3.48. The van der Waals surface area contributed by atoms with E-state index in [9.17, 15) is 0 Å². The highest BCUT2D eigenvalue weighted by atomic mass is 16.5. The lowest BCUT2D eigenvalue weighted by Crippen LogP contribution is -2.31. The minimum Gasteiger partial charge on any atom is -0.492 e. The molecule has 0 spiro atoms. The number of nitrogens with one attached hydrogen (secondary N) is 1. The number of nitrogens with zero attached hydrogens (tertiary/aromatic N) is 2. The summed E-state index contributed by atoms with van der Waals surface area (Å²) >= 11 is 0. The Kier molecular flexibility index (Phi) is 4.17. The molecule has 0 amide bonds. The summed E-state index contributed by atoms with van der Waals surface area (Å²) < 4.78 is 7.76. The Bertz CT molecular complexity index is 660. The molecule has 0 bridgehead atoms. The Morgan fingerprint density at radius 3 is 2.76 bits per heavy atom. The van der Waals surface area contributed by atoms with Crippen LogP contribution in [0.15, 0.2) is 60.9 Å². The Morgan fingerprint density at radius 1 is 1.14 bits per heavy atom. The maximum absolute atomic E-state index is 5.73. The Balaban J connectivity index is 1.50. The van der Waals surface area contributed by atoms with Gasteiger partial charge in [-0.25, -0.2) is 4.98 Å². The lowest BCUT2D eigenvalue weighted by molar-refractivity contribution is 0.272. The van der Waals surface area contributed by atoms with Crippen LogP contribution in [0.1, 0.15) is 12.6 Å². The zero-order chi connectivity index (χ0) is 14.5. The summed E-state index contributed by atoms with van der Waals surface area (Å²) in [7, 11) is 0. The standard InChI is InChI=1S/C17H19N3O/c1-14(13-21-16-7-3-2-4-8-16)18-11-15-12-20-10-6-5-9-17(20)19-15/h2-10,12,14,18H,11,13H2,1H3/t14-/m0/s1. The average molecular weight is 281 g/mol. The third kappa shape index (κ3) is 3.61. The van der Waals surface area contributed by atoms with Crippen molar-refractivity contribution in [1.29, 1.82) is 0 Å². The molecule has 4 heteroatoms. The molecule has 0 aliphatic heterocycles. The van der Waals surface area contributed by atoms with E-state index < -0.39 is 0 Å². The highest BCUT2D eigenvalue weighted by Crippen LogP contribution is 2.09. The fourth-order valence-corrected chi connectivity index (χ4v) is 2.15. The molecule has 108 valence electrons. The van der Waals surface area contributed by atoms with Crippen molar-refractivity contribution >= 4 is 5.65 Å². The first-order chi connectivity index (χ1) is 10.3. The molecule has 1 aromatic carbocycles. The van der Waals surface area contributed by atoms with Gasteiger partial charge in [0.25, 0.3) is 0 Å². The van der Waals surface area contributed by atoms with E-state index in [-0.39, 0.29) is 6.04 Å². The Hall–Kier alpha value is -2.33. The van der Waals surface area contributed by atoms with E-state index >= 15 is 0 Å². The zero-order valence-electron chi connectivity index (χ0n) is 12.1. The number of ether oxygens (including phenoxy) is 1. The average Bonchev–Trinajstić information content (AvgIpc) is 2.95. The molecule has 1 N–H and O–H groups in total. The van der Waals surface area contributed by atoms with E-state index in [1.807, 2.05) is 65.3 Å². The lowest BCUT2D eigenvalue weighted by Gasteiger charge is -2.14. The summed E-state index contributed by atoms with van der Waals surface area (Å²) in [6, 6.07) is 16.1. The van der Waals surface area contributed by atoms with Crippen molar-refractivity contribution in [3.63, 3.8) is 0 Å². The number of imidazole rings is 1. The van der Waals surface area contributed by atoms with Crippen molar-refractivity contribution in [3.8, 4) is 5.75 Å². The molecule has 0 aliphatic rings. The van der Waals surface area contributed by atoms with Crippen LogP contribution in [0.5, 0.6) is 5.75 Å². The zero-order valence-corrected chi connectivity index (χ0v) is 12.1. The number of para-hydroxylation sites is 1. The van der Waals surface area contributed by atoms with Crippen molar-refractivity contribution in [1.82, 2.24) is 14.7 Å². The van der Waals surface area contributed by atoms with Gasteiger partial charge in [-0.1, -0.05) is 24.3 Å². The molecule has 0 saturated heterocycles. The van der Waals surface area contributed by atoms with Crippen LogP contribution in [0, 0.1) is 0 Å². The number of fused-ring (bicyclic) bond motifs is 1. The van der Waals surface area contributed by atoms with Crippen LogP contribution < -0.4 is 10.1 Å². The van der Waals surface area contributed by atoms with Crippen LogP contribution in [0.2, 0.25) is 0 Å². The summed E-state index contributed by atoms with van der Waals surface area (Å²) in [6.07, 6.45) is 4.06. The monoisotopic (exact) mass is 281 g/mol. The SMILES string of the molecule is C[C@@H](COc1ccccc1)NCc1cn2ccccc2n1. The third-order valence-electron chi connectivity index (χ3n) is 3.29. The molecule has 2 heterocycles. The van der Waals surface area contributed by atoms with Crippen molar-refractivity contribution < 1.29 is 4.74 Å². The van der Waals surface area contributed by atoms with Crippen LogP contribution in [-0.2, 0) is 6.54 Å². The number of benzene rings is 1. The maximum Gasteiger partial charge on any atom is 0.137 e. The summed E-state index contributed by atoms with van der Waals surface area (Å²) in [4.78, 5) is 4.56. The summed E-state index contributed by atoms with van der Waals surface area (Å²) in [5, 5.41) is 3.43. The number of rotatable bonds is 6. The van der Waals surface area contributed by atoms with Gasteiger partial charge in [-0.05, 0) is 31.2 Å². The van der Waals surface area contributed by atoms with Gasteiger partial charge in [-0.3, -0.25) is 0 Å². The molecule has 0 fully saturated rings. The minimum atomic E-state index is 0.259. The highest BCUT2D eigenvalue weighted by molar-refractivity contribution is 5.39. The molecule has 0 aliphatic carbocycles. The summed E-state index contributed by atoms with van der Waals surface area (Å²) in [5.74, 6) is 0.902. The van der Waals surface area contributed by atoms with Crippen LogP contribution >= 0.6 is 0 Å². The van der Waals surface area contributed by atoms with E-state index in [1.54, 1.807) is 0 Å². The highest BCUT2D eigenvalue weighted by Gasteiger charge is 2.05. The van der Waals surface area contributed by atoms with Gasteiger partial charge in [0.15, 0.2) is 0 Å². The number of pyridine rings is 1. The topological polar surface area (TPSA) is 38.6 Å². The van der Waals surface area contributed by atoms with Crippen LogP contribution in [0.3, 0.4) is 0 Å². The van der Waals surface area contributed by atoms with E-state index in [0.29, 0.717) is 6.61 Å². The number of hydrogen-bond acceptors (Lipinski definition) is 3.